The van der Waals surface area contributed by atoms with E-state index >= 15 is 0 Å². The van der Waals surface area contributed by atoms with E-state index in [1.54, 1.807) is 0 Å². The van der Waals surface area contributed by atoms with Gasteiger partial charge in [-0.25, -0.2) is 4.98 Å². The van der Waals surface area contributed by atoms with E-state index < -0.39 is 0 Å². The molecular formula is C10H13ClN2S. The standard InChI is InChI=1S/C10H13ClN2S/c11-10-13-9(5-14-10)12-8-4-6-1-2-7(8)3-6/h5-8,12H,1-4H2. The third-order valence-electron chi connectivity index (χ3n) is 3.55. The summed E-state index contributed by atoms with van der Waals surface area (Å²) in [6, 6.07) is 0.659. The number of hydrogen-bond acceptors (Lipinski definition) is 3. The van der Waals surface area contributed by atoms with Crippen LogP contribution < -0.4 is 5.32 Å². The Hall–Kier alpha value is -0.280. The van der Waals surface area contributed by atoms with E-state index in [0.717, 1.165) is 17.7 Å². The summed E-state index contributed by atoms with van der Waals surface area (Å²) in [7, 11) is 0. The zero-order valence-corrected chi connectivity index (χ0v) is 9.44. The highest BCUT2D eigenvalue weighted by atomic mass is 35.5. The Kier molecular flexibility index (Phi) is 2.17. The van der Waals surface area contributed by atoms with Gasteiger partial charge in [-0.05, 0) is 31.1 Å². The SMILES string of the molecule is Clc1nc(NC2CC3CCC2C3)cs1. The Morgan fingerprint density at radius 3 is 2.93 bits per heavy atom. The summed E-state index contributed by atoms with van der Waals surface area (Å²) in [4.78, 5) is 4.23. The van der Waals surface area contributed by atoms with Gasteiger partial charge in [-0.2, -0.15) is 0 Å². The third kappa shape index (κ3) is 1.52. The number of nitrogens with zero attached hydrogens (tertiary/aromatic N) is 1. The molecule has 2 nitrogen and oxygen atoms in total. The molecule has 1 aromatic heterocycles. The lowest BCUT2D eigenvalue weighted by Crippen LogP contribution is -2.25. The second-order valence-electron chi connectivity index (χ2n) is 4.41. The molecule has 3 unspecified atom stereocenters. The van der Waals surface area contributed by atoms with E-state index in [9.17, 15) is 0 Å². The fourth-order valence-electron chi connectivity index (χ4n) is 2.93. The molecule has 1 heterocycles. The molecule has 3 rings (SSSR count). The first-order chi connectivity index (χ1) is 6.81. The molecule has 1 N–H and O–H groups in total. The summed E-state index contributed by atoms with van der Waals surface area (Å²) in [6.07, 6.45) is 5.61. The minimum atomic E-state index is 0.635. The van der Waals surface area contributed by atoms with Gasteiger partial charge < -0.3 is 5.32 Å². The molecule has 0 aromatic carbocycles. The van der Waals surface area contributed by atoms with Gasteiger partial charge in [-0.3, -0.25) is 0 Å². The van der Waals surface area contributed by atoms with Crippen molar-refractivity contribution >= 4 is 28.8 Å². The van der Waals surface area contributed by atoms with Crippen molar-refractivity contribution in [1.82, 2.24) is 4.98 Å². The number of thiazole rings is 1. The monoisotopic (exact) mass is 228 g/mol. The molecule has 1 aromatic rings. The lowest BCUT2D eigenvalue weighted by Gasteiger charge is -2.22. The molecule has 2 bridgehead atoms. The van der Waals surface area contributed by atoms with Crippen molar-refractivity contribution < 1.29 is 0 Å². The van der Waals surface area contributed by atoms with E-state index in [-0.39, 0.29) is 0 Å². The third-order valence-corrected chi connectivity index (χ3v) is 4.53. The molecule has 14 heavy (non-hydrogen) atoms. The van der Waals surface area contributed by atoms with Crippen LogP contribution >= 0.6 is 22.9 Å². The zero-order chi connectivity index (χ0) is 9.54. The lowest BCUT2D eigenvalue weighted by atomic mass is 9.95. The smallest absolute Gasteiger partial charge is 0.185 e. The molecule has 2 fully saturated rings. The van der Waals surface area contributed by atoms with E-state index in [0.29, 0.717) is 10.5 Å². The quantitative estimate of drug-likeness (QED) is 0.840. The van der Waals surface area contributed by atoms with E-state index in [1.165, 1.54) is 37.0 Å². The first-order valence-corrected chi connectivity index (χ1v) is 6.44. The zero-order valence-electron chi connectivity index (χ0n) is 7.87. The van der Waals surface area contributed by atoms with E-state index in [4.69, 9.17) is 11.6 Å². The van der Waals surface area contributed by atoms with Gasteiger partial charge in [-0.15, -0.1) is 11.3 Å². The van der Waals surface area contributed by atoms with Crippen LogP contribution in [0.15, 0.2) is 5.38 Å². The molecule has 4 heteroatoms. The Bertz CT molecular complexity index is 339. The van der Waals surface area contributed by atoms with Crippen LogP contribution in [0.25, 0.3) is 0 Å². The highest BCUT2D eigenvalue weighted by Crippen LogP contribution is 2.45. The Morgan fingerprint density at radius 1 is 1.43 bits per heavy atom. The molecule has 0 radical (unpaired) electrons. The molecular weight excluding hydrogens is 216 g/mol. The summed E-state index contributed by atoms with van der Waals surface area (Å²) in [5.41, 5.74) is 0. The molecule has 0 aliphatic heterocycles. The van der Waals surface area contributed by atoms with Crippen molar-refractivity contribution in [3.05, 3.63) is 9.85 Å². The second-order valence-corrected chi connectivity index (χ2v) is 5.85. The molecule has 76 valence electrons. The van der Waals surface area contributed by atoms with Gasteiger partial charge in [0.1, 0.15) is 5.82 Å². The molecule has 2 aliphatic rings. The second kappa shape index (κ2) is 3.38. The maximum absolute atomic E-state index is 5.79. The Labute approximate surface area is 92.7 Å². The molecule has 0 amide bonds. The van der Waals surface area contributed by atoms with E-state index in [1.807, 2.05) is 5.38 Å². The van der Waals surface area contributed by atoms with Crippen LogP contribution in [-0.2, 0) is 0 Å². The summed E-state index contributed by atoms with van der Waals surface area (Å²) in [5.74, 6) is 2.84. The maximum Gasteiger partial charge on any atom is 0.185 e. The van der Waals surface area contributed by atoms with Gasteiger partial charge in [0.25, 0.3) is 0 Å². The molecule has 2 aliphatic carbocycles. The van der Waals surface area contributed by atoms with E-state index in [2.05, 4.69) is 10.3 Å². The number of halogens is 1. The van der Waals surface area contributed by atoms with Crippen LogP contribution in [0.1, 0.15) is 25.7 Å². The van der Waals surface area contributed by atoms with Crippen LogP contribution in [0.2, 0.25) is 4.47 Å². The average Bonchev–Trinajstić information content (AvgIpc) is 2.82. The van der Waals surface area contributed by atoms with Crippen LogP contribution in [-0.4, -0.2) is 11.0 Å². The summed E-state index contributed by atoms with van der Waals surface area (Å²) >= 11 is 7.29. The predicted octanol–water partition coefficient (Wildman–Crippen LogP) is 3.40. The van der Waals surface area contributed by atoms with Gasteiger partial charge in [0.15, 0.2) is 4.47 Å². The van der Waals surface area contributed by atoms with Gasteiger partial charge in [0, 0.05) is 11.4 Å². The first-order valence-electron chi connectivity index (χ1n) is 5.19. The van der Waals surface area contributed by atoms with Crippen molar-refractivity contribution in [2.45, 2.75) is 31.7 Å². The fraction of sp³-hybridized carbons (Fsp3) is 0.700. The minimum absolute atomic E-state index is 0.635. The van der Waals surface area contributed by atoms with Gasteiger partial charge in [0.2, 0.25) is 0 Å². The van der Waals surface area contributed by atoms with Crippen LogP contribution in [0.3, 0.4) is 0 Å². The minimum Gasteiger partial charge on any atom is -0.366 e. The highest BCUT2D eigenvalue weighted by Gasteiger charge is 2.39. The van der Waals surface area contributed by atoms with Crippen molar-refractivity contribution in [2.24, 2.45) is 11.8 Å². The number of hydrogen-bond donors (Lipinski definition) is 1. The van der Waals surface area contributed by atoms with Crippen molar-refractivity contribution in [2.75, 3.05) is 5.32 Å². The van der Waals surface area contributed by atoms with Crippen molar-refractivity contribution in [1.29, 1.82) is 0 Å². The van der Waals surface area contributed by atoms with Crippen molar-refractivity contribution in [3.8, 4) is 0 Å². The number of aromatic nitrogens is 1. The lowest BCUT2D eigenvalue weighted by molar-refractivity contribution is 0.439. The number of rotatable bonds is 2. The molecule has 2 saturated carbocycles. The van der Waals surface area contributed by atoms with Crippen LogP contribution in [0.5, 0.6) is 0 Å². The number of nitrogens with one attached hydrogen (secondary N) is 1. The first kappa shape index (κ1) is 8.98. The van der Waals surface area contributed by atoms with Gasteiger partial charge in [-0.1, -0.05) is 18.0 Å². The number of fused-ring (bicyclic) bond motifs is 2. The average molecular weight is 229 g/mol. The molecule has 0 spiro atoms. The van der Waals surface area contributed by atoms with Gasteiger partial charge >= 0.3 is 0 Å². The van der Waals surface area contributed by atoms with Gasteiger partial charge in [0.05, 0.1) is 0 Å². The highest BCUT2D eigenvalue weighted by molar-refractivity contribution is 7.14. The molecule has 0 saturated heterocycles. The number of anilines is 1. The molecule has 3 atom stereocenters. The summed E-state index contributed by atoms with van der Waals surface area (Å²) in [6.45, 7) is 0. The summed E-state index contributed by atoms with van der Waals surface area (Å²) < 4.78 is 0.635. The maximum atomic E-state index is 5.79. The topological polar surface area (TPSA) is 24.9 Å². The van der Waals surface area contributed by atoms with Crippen molar-refractivity contribution in [3.63, 3.8) is 0 Å². The normalized spacial score (nSPS) is 35.1. The largest absolute Gasteiger partial charge is 0.366 e. The predicted molar refractivity (Wildman–Crippen MR) is 60.0 cm³/mol. The summed E-state index contributed by atoms with van der Waals surface area (Å²) in [5, 5.41) is 5.52. The fourth-order valence-corrected chi connectivity index (χ4v) is 3.63. The van der Waals surface area contributed by atoms with Crippen LogP contribution in [0.4, 0.5) is 5.82 Å². The Morgan fingerprint density at radius 2 is 2.36 bits per heavy atom. The Balaban J connectivity index is 1.68. The van der Waals surface area contributed by atoms with Crippen LogP contribution in [0, 0.1) is 11.8 Å².